The molecule has 18 heteroatoms. The molecule has 3 saturated carbocycles. The monoisotopic (exact) mass is 860 g/mol. The van der Waals surface area contributed by atoms with Crippen LogP contribution in [0.2, 0.25) is 0 Å². The minimum absolute atomic E-state index is 0.0271. The van der Waals surface area contributed by atoms with E-state index in [1.807, 2.05) is 26.8 Å². The number of allylic oxidation sites excluding steroid dienone is 1. The third-order valence-electron chi connectivity index (χ3n) is 16.9. The Labute approximate surface area is 345 Å². The summed E-state index contributed by atoms with van der Waals surface area (Å²) in [7, 11) is -5.04. The molecule has 4 aliphatic heterocycles. The molecule has 17 nitrogen and oxygen atoms in total. The highest BCUT2D eigenvalue weighted by molar-refractivity contribution is 7.80. The average Bonchev–Trinajstić information content (AvgIpc) is 3.70. The van der Waals surface area contributed by atoms with E-state index in [0.717, 1.165) is 18.4 Å². The van der Waals surface area contributed by atoms with Crippen LogP contribution in [0.1, 0.15) is 107 Å². The number of carbonyl (C=O) groups excluding carboxylic acids is 1. The summed E-state index contributed by atoms with van der Waals surface area (Å²) in [5, 5.41) is 68.2. The molecule has 0 amide bonds. The van der Waals surface area contributed by atoms with E-state index in [9.17, 15) is 48.4 Å². The number of cyclic esters (lactones) is 1. The second-order valence-electron chi connectivity index (χ2n) is 20.7. The fraction of sp³-hybridized carbons (Fsp3) is 0.927. The molecule has 0 aromatic heterocycles. The molecule has 59 heavy (non-hydrogen) atoms. The summed E-state index contributed by atoms with van der Waals surface area (Å²) in [5.74, 6) is -0.746. The van der Waals surface area contributed by atoms with Crippen molar-refractivity contribution in [3.63, 3.8) is 0 Å². The summed E-state index contributed by atoms with van der Waals surface area (Å²) in [6.07, 6.45) is -9.75. The normalized spacial score (nSPS) is 54.1. The number of carbonyl (C=O) groups is 1. The van der Waals surface area contributed by atoms with Gasteiger partial charge in [0.05, 0.1) is 30.5 Å². The average molecular weight is 861 g/mol. The zero-order chi connectivity index (χ0) is 43.3. The summed E-state index contributed by atoms with van der Waals surface area (Å²) in [6.45, 7) is 15.1. The van der Waals surface area contributed by atoms with Gasteiger partial charge in [-0.15, -0.1) is 0 Å². The Morgan fingerprint density at radius 1 is 0.814 bits per heavy atom. The first-order valence-corrected chi connectivity index (χ1v) is 22.5. The van der Waals surface area contributed by atoms with Gasteiger partial charge >= 0.3 is 16.4 Å². The van der Waals surface area contributed by atoms with Crippen molar-refractivity contribution in [2.45, 2.75) is 197 Å². The number of aliphatic hydroxyl groups excluding tert-OH is 5. The molecule has 0 aromatic carbocycles. The zero-order valence-electron chi connectivity index (χ0n) is 35.1. The first-order valence-electron chi connectivity index (χ1n) is 21.2. The van der Waals surface area contributed by atoms with Crippen LogP contribution in [-0.4, -0.2) is 147 Å². The van der Waals surface area contributed by atoms with Gasteiger partial charge in [0.25, 0.3) is 0 Å². The van der Waals surface area contributed by atoms with Crippen LogP contribution in [0.25, 0.3) is 0 Å². The number of ether oxygens (including phenoxy) is 6. The maximum Gasteiger partial charge on any atom is 0.397 e. The highest BCUT2D eigenvalue weighted by Gasteiger charge is 2.87. The maximum atomic E-state index is 14.5. The van der Waals surface area contributed by atoms with Gasteiger partial charge in [0.2, 0.25) is 0 Å². The smallest absolute Gasteiger partial charge is 0.397 e. The second-order valence-corrected chi connectivity index (χ2v) is 21.7. The van der Waals surface area contributed by atoms with Crippen LogP contribution < -0.4 is 0 Å². The van der Waals surface area contributed by atoms with Crippen LogP contribution in [-0.2, 0) is 47.8 Å². The lowest BCUT2D eigenvalue weighted by molar-refractivity contribution is -0.362. The van der Waals surface area contributed by atoms with Gasteiger partial charge in [-0.05, 0) is 107 Å². The third kappa shape index (κ3) is 6.16. The van der Waals surface area contributed by atoms with Gasteiger partial charge in [-0.25, -0.2) is 4.18 Å². The Bertz CT molecular complexity index is 1820. The fourth-order valence-electron chi connectivity index (χ4n) is 13.7. The number of rotatable bonds is 7. The molecule has 1 spiro atoms. The van der Waals surface area contributed by atoms with E-state index in [1.165, 1.54) is 6.92 Å². The lowest BCUT2D eigenvalue weighted by Gasteiger charge is -2.64. The van der Waals surface area contributed by atoms with Crippen molar-refractivity contribution in [3.05, 3.63) is 11.6 Å². The molecule has 7 fully saturated rings. The van der Waals surface area contributed by atoms with Crippen LogP contribution in [0, 0.1) is 33.5 Å². The van der Waals surface area contributed by atoms with Crippen molar-refractivity contribution >= 4 is 16.4 Å². The number of fused-ring (bicyclic) bond motifs is 4. The van der Waals surface area contributed by atoms with Gasteiger partial charge < -0.3 is 59.1 Å². The van der Waals surface area contributed by atoms with Crippen molar-refractivity contribution < 1.29 is 81.0 Å². The van der Waals surface area contributed by atoms with E-state index in [1.54, 1.807) is 6.92 Å². The zero-order valence-corrected chi connectivity index (χ0v) is 36.0. The minimum atomic E-state index is -5.04. The topological polar surface area (TPSA) is 257 Å². The number of hydrogen-bond donors (Lipinski definition) is 7. The van der Waals surface area contributed by atoms with Crippen LogP contribution in [0.4, 0.5) is 0 Å². The van der Waals surface area contributed by atoms with Gasteiger partial charge in [0.15, 0.2) is 18.2 Å². The number of esters is 1. The highest BCUT2D eigenvalue weighted by Crippen LogP contribution is 2.77. The highest BCUT2D eigenvalue weighted by atomic mass is 32.3. The van der Waals surface area contributed by atoms with Crippen LogP contribution in [0.3, 0.4) is 0 Å². The molecule has 19 atom stereocenters. The van der Waals surface area contributed by atoms with Crippen molar-refractivity contribution in [1.29, 1.82) is 0 Å². The van der Waals surface area contributed by atoms with E-state index in [0.29, 0.717) is 32.1 Å². The first kappa shape index (κ1) is 44.3. The van der Waals surface area contributed by atoms with Crippen LogP contribution in [0.15, 0.2) is 11.6 Å². The third-order valence-corrected chi connectivity index (χ3v) is 17.4. The largest absolute Gasteiger partial charge is 0.453 e. The fourth-order valence-corrected chi connectivity index (χ4v) is 14.2. The Morgan fingerprint density at radius 3 is 2.15 bits per heavy atom. The van der Waals surface area contributed by atoms with Gasteiger partial charge in [-0.2, -0.15) is 8.42 Å². The summed E-state index contributed by atoms with van der Waals surface area (Å²) in [5.41, 5.74) is -5.89. The molecule has 4 aliphatic carbocycles. The van der Waals surface area contributed by atoms with Crippen molar-refractivity contribution in [1.82, 2.24) is 0 Å². The summed E-state index contributed by atoms with van der Waals surface area (Å²) >= 11 is 0. The lowest BCUT2D eigenvalue weighted by Crippen LogP contribution is -2.69. The van der Waals surface area contributed by atoms with E-state index < -0.39 is 135 Å². The Kier molecular flexibility index (Phi) is 10.6. The second kappa shape index (κ2) is 14.1. The lowest BCUT2D eigenvalue weighted by atomic mass is 9.40. The Hall–Kier alpha value is -1.36. The van der Waals surface area contributed by atoms with Crippen molar-refractivity contribution in [3.8, 4) is 0 Å². The summed E-state index contributed by atoms with van der Waals surface area (Å²) in [4.78, 5) is 14.5. The predicted molar refractivity (Wildman–Crippen MR) is 203 cm³/mol. The molecule has 7 N–H and O–H groups in total. The summed E-state index contributed by atoms with van der Waals surface area (Å²) < 4.78 is 74.3. The molecule has 4 heterocycles. The number of aliphatic hydroxyl groups is 6. The van der Waals surface area contributed by atoms with E-state index >= 15 is 0 Å². The molecule has 8 rings (SSSR count). The van der Waals surface area contributed by atoms with E-state index in [-0.39, 0.29) is 18.3 Å². The molecule has 4 saturated heterocycles. The van der Waals surface area contributed by atoms with Crippen molar-refractivity contribution in [2.75, 3.05) is 6.61 Å². The Morgan fingerprint density at radius 2 is 1.51 bits per heavy atom. The van der Waals surface area contributed by atoms with Crippen molar-refractivity contribution in [2.24, 2.45) is 33.5 Å². The minimum Gasteiger partial charge on any atom is -0.453 e. The SMILES string of the molecule is C[C@H]1O[C@@H](O[C@H]2[C@H](O[C@H]3CC[C@]4(C)C5=C[C@H](O)[C@]67C(=O)O[C@@](C)([C@H]8CCC(C)(C)O8)[C@@]6(O)CC[C@@]7(C)[C@@H]5CC[C@H]4C3(C)C)OC[C@@H](OS(=O)(=O)O)[C@@H]2O)[C@H](O)[C@@H](O)[C@@H]1O. The van der Waals surface area contributed by atoms with Gasteiger partial charge in [0, 0.05) is 0 Å². The quantitative estimate of drug-likeness (QED) is 0.0827. The molecule has 336 valence electrons. The first-order chi connectivity index (χ1) is 27.2. The Balaban J connectivity index is 1.07. The van der Waals surface area contributed by atoms with Crippen LogP contribution >= 0.6 is 0 Å². The molecule has 0 bridgehead atoms. The maximum absolute atomic E-state index is 14.5. The molecule has 0 aromatic rings. The molecule has 8 aliphatic rings. The van der Waals surface area contributed by atoms with E-state index in [2.05, 4.69) is 25.0 Å². The molecular formula is C41H64O17S. The molecular weight excluding hydrogens is 797 g/mol. The molecule has 0 radical (unpaired) electrons. The molecule has 0 unspecified atom stereocenters. The predicted octanol–water partition coefficient (Wildman–Crippen LogP) is 1.43. The van der Waals surface area contributed by atoms with Crippen LogP contribution in [0.5, 0.6) is 0 Å². The van der Waals surface area contributed by atoms with Gasteiger partial charge in [-0.3, -0.25) is 9.35 Å². The summed E-state index contributed by atoms with van der Waals surface area (Å²) in [6, 6.07) is 0. The van der Waals surface area contributed by atoms with Gasteiger partial charge in [0.1, 0.15) is 53.7 Å². The van der Waals surface area contributed by atoms with Gasteiger partial charge in [-0.1, -0.05) is 39.3 Å². The number of hydrogen-bond acceptors (Lipinski definition) is 16. The standard InChI is InChI=1S/C41H64O17S/c1-19-27(43)29(45)30(46)32(53-19)55-31-28(44)22(58-59(49,50)51)18-52-33(31)54-25-12-14-37(6)21-17-24(42)41-34(47)57-39(8,26-11-13-35(2,3)56-26)40(41,48)16-15-38(41,7)20(21)9-10-23(37)36(25,4)5/h17,19-20,22-33,42-46,48H,9-16,18H2,1-8H3,(H,49,50,51)/t19-,20-,22-,23+,24+,25+,26-,27-,28+,29+,30-,31-,32+,33+,37-,38+,39+,40+,41-/m1/s1. The van der Waals surface area contributed by atoms with E-state index in [4.69, 9.17) is 28.4 Å².